The van der Waals surface area contributed by atoms with E-state index in [0.717, 1.165) is 37.7 Å². The number of nitrogens with zero attached hydrogens (tertiary/aromatic N) is 2. The van der Waals surface area contributed by atoms with Crippen molar-refractivity contribution >= 4 is 29.7 Å². The summed E-state index contributed by atoms with van der Waals surface area (Å²) in [6, 6.07) is 16.9. The molecule has 4 amide bonds. The number of ether oxygens (including phenoxy) is 2. The van der Waals surface area contributed by atoms with Crippen LogP contribution in [0.25, 0.3) is 0 Å². The van der Waals surface area contributed by atoms with Crippen molar-refractivity contribution in [3.8, 4) is 0 Å². The van der Waals surface area contributed by atoms with E-state index in [-0.39, 0.29) is 36.9 Å². The predicted molar refractivity (Wildman–Crippen MR) is 166 cm³/mol. The van der Waals surface area contributed by atoms with Gasteiger partial charge in [-0.3, -0.25) is 9.59 Å². The standard InChI is InChI=1S/C34H44N4O6/c1-34(2,3)44-32(41)36-28(24-15-9-5-10-16-24)31(40)37-20-19-27-29(37)26(30(39)35-25-17-11-6-12-18-25)21-38(27)33(42)43-22-23-13-7-4-8-14-23/h4,6-8,11-14,17-18,24,26-29H,5,9-10,15-16,19-22H2,1-3H3,(H,35,39)(H,36,41)/t26-,27+,28?,29+/m0/s1. The van der Waals surface area contributed by atoms with Crippen LogP contribution in [0.15, 0.2) is 60.7 Å². The Morgan fingerprint density at radius 3 is 2.20 bits per heavy atom. The third kappa shape index (κ3) is 7.52. The number of fused-ring (bicyclic) bond motifs is 1. The molecule has 4 atom stereocenters. The summed E-state index contributed by atoms with van der Waals surface area (Å²) in [4.78, 5) is 57.8. The molecule has 0 bridgehead atoms. The minimum atomic E-state index is -0.777. The predicted octanol–water partition coefficient (Wildman–Crippen LogP) is 5.34. The van der Waals surface area contributed by atoms with Crippen LogP contribution < -0.4 is 10.6 Å². The SMILES string of the molecule is CC(C)(C)OC(=O)NC(C(=O)N1CC[C@@H]2[C@H]1[C@@H](C(=O)Nc1ccccc1)CN2C(=O)OCc1ccccc1)C1CCCCC1. The molecule has 2 aromatic rings. The first-order chi connectivity index (χ1) is 21.1. The molecular formula is C34H44N4O6. The van der Waals surface area contributed by atoms with E-state index in [4.69, 9.17) is 9.47 Å². The molecule has 1 saturated carbocycles. The van der Waals surface area contributed by atoms with E-state index < -0.39 is 35.8 Å². The van der Waals surface area contributed by atoms with Crippen molar-refractivity contribution in [3.63, 3.8) is 0 Å². The number of alkyl carbamates (subject to hydrolysis) is 1. The number of nitrogens with one attached hydrogen (secondary N) is 2. The summed E-state index contributed by atoms with van der Waals surface area (Å²) in [6.45, 7) is 5.96. The van der Waals surface area contributed by atoms with Gasteiger partial charge in [0.05, 0.1) is 18.0 Å². The summed E-state index contributed by atoms with van der Waals surface area (Å²) >= 11 is 0. The normalized spacial score (nSPS) is 22.6. The number of para-hydroxylation sites is 1. The van der Waals surface area contributed by atoms with Gasteiger partial charge in [0.2, 0.25) is 11.8 Å². The van der Waals surface area contributed by atoms with Crippen LogP contribution in [-0.4, -0.2) is 70.6 Å². The van der Waals surface area contributed by atoms with Crippen molar-refractivity contribution in [2.24, 2.45) is 11.8 Å². The maximum atomic E-state index is 14.4. The molecule has 236 valence electrons. The highest BCUT2D eigenvalue weighted by Crippen LogP contribution is 2.38. The van der Waals surface area contributed by atoms with Gasteiger partial charge >= 0.3 is 12.2 Å². The lowest BCUT2D eigenvalue weighted by molar-refractivity contribution is -0.137. The van der Waals surface area contributed by atoms with Gasteiger partial charge in [0.1, 0.15) is 18.2 Å². The van der Waals surface area contributed by atoms with Crippen LogP contribution in [0.2, 0.25) is 0 Å². The first-order valence-corrected chi connectivity index (χ1v) is 15.7. The number of anilines is 1. The molecule has 10 heteroatoms. The molecule has 1 unspecified atom stereocenters. The van der Waals surface area contributed by atoms with E-state index in [1.807, 2.05) is 48.5 Å². The molecule has 3 fully saturated rings. The molecule has 0 radical (unpaired) electrons. The van der Waals surface area contributed by atoms with Gasteiger partial charge in [0.25, 0.3) is 0 Å². The monoisotopic (exact) mass is 604 g/mol. The van der Waals surface area contributed by atoms with Crippen molar-refractivity contribution in [3.05, 3.63) is 66.2 Å². The molecule has 2 aromatic carbocycles. The molecule has 2 saturated heterocycles. The van der Waals surface area contributed by atoms with Crippen molar-refractivity contribution in [1.29, 1.82) is 0 Å². The highest BCUT2D eigenvalue weighted by molar-refractivity contribution is 5.95. The zero-order valence-electron chi connectivity index (χ0n) is 25.9. The number of carbonyl (C=O) groups excluding carboxylic acids is 4. The Morgan fingerprint density at radius 2 is 1.55 bits per heavy atom. The van der Waals surface area contributed by atoms with Gasteiger partial charge in [0, 0.05) is 18.8 Å². The van der Waals surface area contributed by atoms with Crippen molar-refractivity contribution < 1.29 is 28.7 Å². The molecule has 0 aromatic heterocycles. The van der Waals surface area contributed by atoms with E-state index >= 15 is 0 Å². The molecule has 5 rings (SSSR count). The second-order valence-electron chi connectivity index (χ2n) is 13.1. The number of hydrogen-bond acceptors (Lipinski definition) is 6. The maximum absolute atomic E-state index is 14.4. The van der Waals surface area contributed by atoms with E-state index in [9.17, 15) is 19.2 Å². The van der Waals surface area contributed by atoms with Crippen molar-refractivity contribution in [2.45, 2.75) is 89.6 Å². The van der Waals surface area contributed by atoms with Gasteiger partial charge < -0.3 is 29.9 Å². The lowest BCUT2D eigenvalue weighted by Gasteiger charge is -2.36. The van der Waals surface area contributed by atoms with Gasteiger partial charge in [-0.25, -0.2) is 9.59 Å². The lowest BCUT2D eigenvalue weighted by atomic mass is 9.83. The van der Waals surface area contributed by atoms with E-state index in [2.05, 4.69) is 10.6 Å². The van der Waals surface area contributed by atoms with Crippen molar-refractivity contribution in [1.82, 2.24) is 15.1 Å². The Labute approximate surface area is 259 Å². The molecule has 1 aliphatic carbocycles. The summed E-state index contributed by atoms with van der Waals surface area (Å²) in [5.41, 5.74) is 0.791. The molecule has 2 N–H and O–H groups in total. The summed E-state index contributed by atoms with van der Waals surface area (Å²) in [5.74, 6) is -1.21. The van der Waals surface area contributed by atoms with Gasteiger partial charge in [-0.05, 0) is 63.6 Å². The third-order valence-corrected chi connectivity index (χ3v) is 8.79. The van der Waals surface area contributed by atoms with Crippen LogP contribution >= 0.6 is 0 Å². The fourth-order valence-corrected chi connectivity index (χ4v) is 6.81. The van der Waals surface area contributed by atoms with Gasteiger partial charge in [-0.1, -0.05) is 67.8 Å². The van der Waals surface area contributed by atoms with Crippen LogP contribution in [0.4, 0.5) is 15.3 Å². The molecule has 0 spiro atoms. The minimum Gasteiger partial charge on any atom is -0.445 e. The lowest BCUT2D eigenvalue weighted by Crippen LogP contribution is -2.56. The second-order valence-corrected chi connectivity index (χ2v) is 13.1. The number of amides is 4. The molecule has 2 aliphatic heterocycles. The van der Waals surface area contributed by atoms with Crippen LogP contribution in [-0.2, 0) is 25.7 Å². The van der Waals surface area contributed by atoms with Gasteiger partial charge in [-0.15, -0.1) is 0 Å². The van der Waals surface area contributed by atoms with Crippen LogP contribution in [0.3, 0.4) is 0 Å². The highest BCUT2D eigenvalue weighted by atomic mass is 16.6. The Morgan fingerprint density at radius 1 is 0.886 bits per heavy atom. The molecular weight excluding hydrogens is 560 g/mol. The van der Waals surface area contributed by atoms with E-state index in [0.29, 0.717) is 18.7 Å². The van der Waals surface area contributed by atoms with E-state index in [1.54, 1.807) is 42.7 Å². The number of likely N-dealkylation sites (tertiary alicyclic amines) is 2. The first kappa shape index (κ1) is 31.3. The van der Waals surface area contributed by atoms with E-state index in [1.165, 1.54) is 0 Å². The smallest absolute Gasteiger partial charge is 0.410 e. The number of hydrogen-bond donors (Lipinski definition) is 2. The molecule has 10 nitrogen and oxygen atoms in total. The zero-order chi connectivity index (χ0) is 31.3. The van der Waals surface area contributed by atoms with Crippen molar-refractivity contribution in [2.75, 3.05) is 18.4 Å². The Hall–Kier alpha value is -4.08. The fraction of sp³-hybridized carbons (Fsp3) is 0.529. The number of carbonyl (C=O) groups is 4. The first-order valence-electron chi connectivity index (χ1n) is 15.7. The summed E-state index contributed by atoms with van der Waals surface area (Å²) in [6.07, 6.45) is 4.08. The highest BCUT2D eigenvalue weighted by Gasteiger charge is 2.55. The Bertz CT molecular complexity index is 1310. The summed E-state index contributed by atoms with van der Waals surface area (Å²) in [5, 5.41) is 5.88. The third-order valence-electron chi connectivity index (χ3n) is 8.79. The molecule has 2 heterocycles. The van der Waals surface area contributed by atoms with Crippen LogP contribution in [0.5, 0.6) is 0 Å². The maximum Gasteiger partial charge on any atom is 0.410 e. The summed E-state index contributed by atoms with van der Waals surface area (Å²) < 4.78 is 11.2. The fourth-order valence-electron chi connectivity index (χ4n) is 6.81. The molecule has 3 aliphatic rings. The van der Waals surface area contributed by atoms with Crippen LogP contribution in [0, 0.1) is 11.8 Å². The second kappa shape index (κ2) is 13.7. The molecule has 44 heavy (non-hydrogen) atoms. The van der Waals surface area contributed by atoms with Gasteiger partial charge in [-0.2, -0.15) is 0 Å². The average Bonchev–Trinajstić information content (AvgIpc) is 3.60. The largest absolute Gasteiger partial charge is 0.445 e. The number of rotatable bonds is 7. The Balaban J connectivity index is 1.38. The van der Waals surface area contributed by atoms with Gasteiger partial charge in [0.15, 0.2) is 0 Å². The number of benzene rings is 2. The average molecular weight is 605 g/mol. The minimum absolute atomic E-state index is 0.0345. The zero-order valence-corrected chi connectivity index (χ0v) is 25.9. The summed E-state index contributed by atoms with van der Waals surface area (Å²) in [7, 11) is 0. The Kier molecular flexibility index (Phi) is 9.76. The van der Waals surface area contributed by atoms with Crippen LogP contribution in [0.1, 0.15) is 64.9 Å². The topological polar surface area (TPSA) is 117 Å². The quantitative estimate of drug-likeness (QED) is 0.441.